The molecule has 0 atom stereocenters. The monoisotopic (exact) mass is 301 g/mol. The van der Waals surface area contributed by atoms with Gasteiger partial charge in [-0.05, 0) is 44.3 Å². The summed E-state index contributed by atoms with van der Waals surface area (Å²) in [5.74, 6) is 1.59. The SMILES string of the molecule is CCCN(CC1CCNCC1)c1ncc(Cl)cc1Cl. The van der Waals surface area contributed by atoms with E-state index in [0.717, 1.165) is 44.3 Å². The summed E-state index contributed by atoms with van der Waals surface area (Å²) in [6.07, 6.45) is 5.22. The van der Waals surface area contributed by atoms with Crippen LogP contribution in [0.5, 0.6) is 0 Å². The minimum atomic E-state index is 0.590. The molecule has 0 aliphatic carbocycles. The maximum Gasteiger partial charge on any atom is 0.147 e. The van der Waals surface area contributed by atoms with E-state index in [0.29, 0.717) is 10.0 Å². The van der Waals surface area contributed by atoms with Gasteiger partial charge in [0.25, 0.3) is 0 Å². The van der Waals surface area contributed by atoms with E-state index < -0.39 is 0 Å². The Labute approximate surface area is 125 Å². The van der Waals surface area contributed by atoms with Gasteiger partial charge in [-0.15, -0.1) is 0 Å². The van der Waals surface area contributed by atoms with Gasteiger partial charge in [-0.1, -0.05) is 30.1 Å². The molecule has 0 radical (unpaired) electrons. The summed E-state index contributed by atoms with van der Waals surface area (Å²) in [7, 11) is 0. The molecule has 5 heteroatoms. The Morgan fingerprint density at radius 1 is 1.37 bits per heavy atom. The normalized spacial score (nSPS) is 16.6. The first-order chi connectivity index (χ1) is 9.20. The molecule has 1 aliphatic heterocycles. The number of pyridine rings is 1. The van der Waals surface area contributed by atoms with Crippen LogP contribution in [-0.4, -0.2) is 31.2 Å². The van der Waals surface area contributed by atoms with Crippen molar-refractivity contribution in [1.82, 2.24) is 10.3 Å². The molecule has 1 saturated heterocycles. The molecule has 1 fully saturated rings. The lowest BCUT2D eigenvalue weighted by Crippen LogP contribution is -2.37. The van der Waals surface area contributed by atoms with E-state index in [1.165, 1.54) is 12.8 Å². The highest BCUT2D eigenvalue weighted by atomic mass is 35.5. The standard InChI is InChI=1S/C14H21Cl2N3/c1-2-7-19(10-11-3-5-17-6-4-11)14-13(16)8-12(15)9-18-14/h8-9,11,17H,2-7,10H2,1H3. The van der Waals surface area contributed by atoms with Crippen molar-refractivity contribution in [2.45, 2.75) is 26.2 Å². The van der Waals surface area contributed by atoms with Crippen molar-refractivity contribution in [2.24, 2.45) is 5.92 Å². The first kappa shape index (κ1) is 14.9. The highest BCUT2D eigenvalue weighted by Gasteiger charge is 2.19. The first-order valence-electron chi connectivity index (χ1n) is 6.97. The molecule has 0 amide bonds. The summed E-state index contributed by atoms with van der Waals surface area (Å²) in [6, 6.07) is 1.77. The fourth-order valence-corrected chi connectivity index (χ4v) is 3.07. The molecule has 0 unspecified atom stereocenters. The Kier molecular flexibility index (Phi) is 5.74. The number of hydrogen-bond donors (Lipinski definition) is 1. The van der Waals surface area contributed by atoms with Crippen LogP contribution < -0.4 is 10.2 Å². The molecule has 1 N–H and O–H groups in total. The van der Waals surface area contributed by atoms with Crippen molar-refractivity contribution in [3.05, 3.63) is 22.3 Å². The number of anilines is 1. The lowest BCUT2D eigenvalue weighted by Gasteiger charge is -2.31. The second kappa shape index (κ2) is 7.32. The van der Waals surface area contributed by atoms with E-state index in [4.69, 9.17) is 23.2 Å². The van der Waals surface area contributed by atoms with Crippen LogP contribution in [0.3, 0.4) is 0 Å². The molecular formula is C14H21Cl2N3. The zero-order valence-electron chi connectivity index (χ0n) is 11.3. The molecule has 2 rings (SSSR count). The fraction of sp³-hybridized carbons (Fsp3) is 0.643. The minimum Gasteiger partial charge on any atom is -0.355 e. The third kappa shape index (κ3) is 4.23. The van der Waals surface area contributed by atoms with Gasteiger partial charge in [0.15, 0.2) is 0 Å². The number of halogens is 2. The molecule has 106 valence electrons. The Hall–Kier alpha value is -0.510. The molecule has 3 nitrogen and oxygen atoms in total. The Morgan fingerprint density at radius 2 is 2.11 bits per heavy atom. The lowest BCUT2D eigenvalue weighted by molar-refractivity contribution is 0.373. The smallest absolute Gasteiger partial charge is 0.147 e. The van der Waals surface area contributed by atoms with E-state index in [2.05, 4.69) is 22.1 Å². The van der Waals surface area contributed by atoms with Gasteiger partial charge >= 0.3 is 0 Å². The molecule has 0 aromatic carbocycles. The molecule has 0 spiro atoms. The first-order valence-corrected chi connectivity index (χ1v) is 7.73. The van der Waals surface area contributed by atoms with Crippen molar-refractivity contribution in [1.29, 1.82) is 0 Å². The van der Waals surface area contributed by atoms with Gasteiger partial charge in [0.2, 0.25) is 0 Å². The van der Waals surface area contributed by atoms with E-state index in [-0.39, 0.29) is 0 Å². The largest absolute Gasteiger partial charge is 0.355 e. The quantitative estimate of drug-likeness (QED) is 0.900. The van der Waals surface area contributed by atoms with Gasteiger partial charge in [0.05, 0.1) is 10.0 Å². The molecule has 0 saturated carbocycles. The van der Waals surface area contributed by atoms with Gasteiger partial charge in [0, 0.05) is 19.3 Å². The Morgan fingerprint density at radius 3 is 2.74 bits per heavy atom. The van der Waals surface area contributed by atoms with Gasteiger partial charge in [0.1, 0.15) is 5.82 Å². The average Bonchev–Trinajstić information content (AvgIpc) is 2.39. The van der Waals surface area contributed by atoms with Crippen LogP contribution in [0.25, 0.3) is 0 Å². The van der Waals surface area contributed by atoms with Crippen molar-refractivity contribution in [2.75, 3.05) is 31.1 Å². The molecule has 19 heavy (non-hydrogen) atoms. The Bertz CT molecular complexity index is 406. The molecule has 1 aromatic rings. The number of aromatic nitrogens is 1. The highest BCUT2D eigenvalue weighted by molar-refractivity contribution is 6.36. The number of piperidine rings is 1. The van der Waals surface area contributed by atoms with E-state index in [9.17, 15) is 0 Å². The van der Waals surface area contributed by atoms with Crippen LogP contribution in [0.4, 0.5) is 5.82 Å². The zero-order chi connectivity index (χ0) is 13.7. The maximum absolute atomic E-state index is 6.28. The van der Waals surface area contributed by atoms with Crippen LogP contribution in [0.1, 0.15) is 26.2 Å². The summed E-state index contributed by atoms with van der Waals surface area (Å²) in [6.45, 7) is 6.43. The summed E-state index contributed by atoms with van der Waals surface area (Å²) >= 11 is 12.2. The third-order valence-electron chi connectivity index (χ3n) is 3.52. The van der Waals surface area contributed by atoms with E-state index >= 15 is 0 Å². The second-order valence-corrected chi connectivity index (χ2v) is 5.94. The lowest BCUT2D eigenvalue weighted by atomic mass is 9.97. The molecule has 1 aliphatic rings. The summed E-state index contributed by atoms with van der Waals surface area (Å²) in [5.41, 5.74) is 0. The van der Waals surface area contributed by atoms with Crippen molar-refractivity contribution >= 4 is 29.0 Å². The van der Waals surface area contributed by atoms with Crippen molar-refractivity contribution in [3.8, 4) is 0 Å². The average molecular weight is 302 g/mol. The van der Waals surface area contributed by atoms with Crippen molar-refractivity contribution < 1.29 is 0 Å². The molecule has 1 aromatic heterocycles. The Balaban J connectivity index is 2.09. The molecule has 0 bridgehead atoms. The third-order valence-corrected chi connectivity index (χ3v) is 4.00. The minimum absolute atomic E-state index is 0.590. The predicted molar refractivity (Wildman–Crippen MR) is 82.4 cm³/mol. The predicted octanol–water partition coefficient (Wildman–Crippen LogP) is 3.60. The maximum atomic E-state index is 6.28. The number of nitrogens with one attached hydrogen (secondary N) is 1. The van der Waals surface area contributed by atoms with Crippen LogP contribution >= 0.6 is 23.2 Å². The van der Waals surface area contributed by atoms with E-state index in [1.807, 2.05) is 0 Å². The number of nitrogens with zero attached hydrogens (tertiary/aromatic N) is 2. The summed E-state index contributed by atoms with van der Waals surface area (Å²) in [4.78, 5) is 6.71. The highest BCUT2D eigenvalue weighted by Crippen LogP contribution is 2.27. The van der Waals surface area contributed by atoms with Crippen LogP contribution in [0, 0.1) is 5.92 Å². The number of rotatable bonds is 5. The molecular weight excluding hydrogens is 281 g/mol. The van der Waals surface area contributed by atoms with E-state index in [1.54, 1.807) is 12.3 Å². The van der Waals surface area contributed by atoms with Crippen LogP contribution in [0.15, 0.2) is 12.3 Å². The van der Waals surface area contributed by atoms with Crippen LogP contribution in [-0.2, 0) is 0 Å². The summed E-state index contributed by atoms with van der Waals surface area (Å²) in [5, 5.41) is 4.64. The zero-order valence-corrected chi connectivity index (χ0v) is 12.8. The van der Waals surface area contributed by atoms with Crippen LogP contribution in [0.2, 0.25) is 10.0 Å². The second-order valence-electron chi connectivity index (χ2n) is 5.10. The number of hydrogen-bond acceptors (Lipinski definition) is 3. The van der Waals surface area contributed by atoms with Gasteiger partial charge in [-0.3, -0.25) is 0 Å². The van der Waals surface area contributed by atoms with Gasteiger partial charge < -0.3 is 10.2 Å². The van der Waals surface area contributed by atoms with Gasteiger partial charge in [-0.25, -0.2) is 4.98 Å². The summed E-state index contributed by atoms with van der Waals surface area (Å²) < 4.78 is 0. The van der Waals surface area contributed by atoms with Crippen molar-refractivity contribution in [3.63, 3.8) is 0 Å². The topological polar surface area (TPSA) is 28.2 Å². The van der Waals surface area contributed by atoms with Gasteiger partial charge in [-0.2, -0.15) is 0 Å². The fourth-order valence-electron chi connectivity index (χ4n) is 2.57. The molecule has 2 heterocycles.